The second-order valence-electron chi connectivity index (χ2n) is 6.58. The van der Waals surface area contributed by atoms with E-state index in [1.807, 2.05) is 41.3 Å². The molecule has 0 spiro atoms. The summed E-state index contributed by atoms with van der Waals surface area (Å²) >= 11 is 3.44. The summed E-state index contributed by atoms with van der Waals surface area (Å²) in [5.74, 6) is -0.00668. The number of allylic oxidation sites excluding steroid dienone is 3. The van der Waals surface area contributed by atoms with Gasteiger partial charge in [-0.15, -0.1) is 0 Å². The number of ketones is 1. The molecule has 0 unspecified atom stereocenters. The van der Waals surface area contributed by atoms with Gasteiger partial charge < -0.3 is 5.73 Å². The number of anilines is 1. The van der Waals surface area contributed by atoms with Gasteiger partial charge in [-0.1, -0.05) is 22.0 Å². The monoisotopic (exact) mass is 420 g/mol. The summed E-state index contributed by atoms with van der Waals surface area (Å²) in [6.45, 7) is 0. The second-order valence-corrected chi connectivity index (χ2v) is 7.49. The molecular formula is C21H17BrN4O. The maximum absolute atomic E-state index is 12.9. The van der Waals surface area contributed by atoms with Crippen molar-refractivity contribution < 1.29 is 4.79 Å². The number of hydrogen-bond donors (Lipinski definition) is 1. The molecule has 0 saturated heterocycles. The normalized spacial score (nSPS) is 19.8. The fourth-order valence-corrected chi connectivity index (χ4v) is 4.12. The topological polar surface area (TPSA) is 83.0 Å². The summed E-state index contributed by atoms with van der Waals surface area (Å²) in [5, 5.41) is 9.90. The summed E-state index contributed by atoms with van der Waals surface area (Å²) in [6.07, 6.45) is 5.39. The standard InChI is InChI=1S/C21H17BrN4O/c22-14-6-8-15(9-7-14)26-17-4-1-5-18(27)20(17)19(16(11-23)21(26)24)13-3-2-10-25-12-13/h2-3,6-10,12,19H,1,4-5,24H2/t19-/m1/s1. The van der Waals surface area contributed by atoms with Crippen LogP contribution in [0.3, 0.4) is 0 Å². The molecule has 1 aliphatic heterocycles. The number of nitriles is 1. The first-order valence-electron chi connectivity index (χ1n) is 8.73. The van der Waals surface area contributed by atoms with E-state index in [1.165, 1.54) is 0 Å². The van der Waals surface area contributed by atoms with Crippen molar-refractivity contribution in [3.63, 3.8) is 0 Å². The zero-order valence-corrected chi connectivity index (χ0v) is 16.1. The average molecular weight is 421 g/mol. The van der Waals surface area contributed by atoms with Crippen LogP contribution in [0.15, 0.2) is 75.9 Å². The van der Waals surface area contributed by atoms with Crippen molar-refractivity contribution in [3.05, 3.63) is 81.5 Å². The van der Waals surface area contributed by atoms with Crippen LogP contribution in [0.2, 0.25) is 0 Å². The molecule has 1 atom stereocenters. The first kappa shape index (κ1) is 17.5. The van der Waals surface area contributed by atoms with Gasteiger partial charge in [-0.2, -0.15) is 5.26 Å². The number of rotatable bonds is 2. The van der Waals surface area contributed by atoms with Gasteiger partial charge in [0.05, 0.1) is 17.6 Å². The van der Waals surface area contributed by atoms with E-state index in [2.05, 4.69) is 27.0 Å². The van der Waals surface area contributed by atoms with E-state index < -0.39 is 5.92 Å². The summed E-state index contributed by atoms with van der Waals surface area (Å²) in [7, 11) is 0. The number of carbonyl (C=O) groups is 1. The van der Waals surface area contributed by atoms with Crippen LogP contribution < -0.4 is 10.6 Å². The number of halogens is 1. The van der Waals surface area contributed by atoms with Crippen LogP contribution in [0, 0.1) is 11.3 Å². The Kier molecular flexibility index (Phi) is 4.54. The molecular weight excluding hydrogens is 404 g/mol. The first-order valence-corrected chi connectivity index (χ1v) is 9.52. The van der Waals surface area contributed by atoms with Gasteiger partial charge in [0, 0.05) is 40.2 Å². The molecule has 27 heavy (non-hydrogen) atoms. The number of pyridine rings is 1. The van der Waals surface area contributed by atoms with E-state index in [9.17, 15) is 10.1 Å². The lowest BCUT2D eigenvalue weighted by Crippen LogP contribution is -2.38. The fourth-order valence-electron chi connectivity index (χ4n) is 3.85. The fraction of sp³-hybridized carbons (Fsp3) is 0.190. The number of nitrogens with two attached hydrogens (primary N) is 1. The van der Waals surface area contributed by atoms with Crippen LogP contribution in [0.4, 0.5) is 5.69 Å². The lowest BCUT2D eigenvalue weighted by molar-refractivity contribution is -0.116. The van der Waals surface area contributed by atoms with E-state index in [1.54, 1.807) is 12.4 Å². The predicted octanol–water partition coefficient (Wildman–Crippen LogP) is 4.15. The van der Waals surface area contributed by atoms with Gasteiger partial charge in [0.15, 0.2) is 5.78 Å². The van der Waals surface area contributed by atoms with Crippen molar-refractivity contribution in [2.75, 3.05) is 4.90 Å². The third-order valence-corrected chi connectivity index (χ3v) is 5.54. The number of carbonyl (C=O) groups excluding carboxylic acids is 1. The molecule has 0 amide bonds. The van der Waals surface area contributed by atoms with Gasteiger partial charge in [-0.25, -0.2) is 0 Å². The molecule has 1 aromatic heterocycles. The molecule has 2 N–H and O–H groups in total. The minimum Gasteiger partial charge on any atom is -0.384 e. The Bertz CT molecular complexity index is 1000. The SMILES string of the molecule is N#CC1=C(N)N(c2ccc(Br)cc2)C2=C(C(=O)CCC2)[C@@H]1c1cccnc1. The first-order chi connectivity index (χ1) is 13.1. The van der Waals surface area contributed by atoms with E-state index in [-0.39, 0.29) is 5.78 Å². The van der Waals surface area contributed by atoms with Gasteiger partial charge in [-0.3, -0.25) is 14.7 Å². The minimum atomic E-state index is -0.460. The molecule has 2 aromatic rings. The highest BCUT2D eigenvalue weighted by Gasteiger charge is 2.40. The van der Waals surface area contributed by atoms with Gasteiger partial charge in [0.25, 0.3) is 0 Å². The molecule has 0 fully saturated rings. The van der Waals surface area contributed by atoms with E-state index in [0.717, 1.165) is 34.3 Å². The molecule has 0 radical (unpaired) electrons. The van der Waals surface area contributed by atoms with Gasteiger partial charge in [-0.05, 0) is 48.7 Å². The van der Waals surface area contributed by atoms with Crippen molar-refractivity contribution in [1.82, 2.24) is 4.98 Å². The zero-order valence-electron chi connectivity index (χ0n) is 14.5. The van der Waals surface area contributed by atoms with Crippen LogP contribution in [-0.2, 0) is 4.79 Å². The van der Waals surface area contributed by atoms with Crippen LogP contribution in [0.1, 0.15) is 30.7 Å². The predicted molar refractivity (Wildman–Crippen MR) is 106 cm³/mol. The van der Waals surface area contributed by atoms with Gasteiger partial charge in [0.2, 0.25) is 0 Å². The zero-order chi connectivity index (χ0) is 19.0. The van der Waals surface area contributed by atoms with E-state index in [0.29, 0.717) is 23.4 Å². The molecule has 2 aliphatic rings. The highest BCUT2D eigenvalue weighted by Crippen LogP contribution is 2.46. The number of Topliss-reactive ketones (excluding diaryl/α,β-unsaturated/α-hetero) is 1. The Labute approximate surface area is 165 Å². The van der Waals surface area contributed by atoms with Crippen LogP contribution in [-0.4, -0.2) is 10.8 Å². The Hall–Kier alpha value is -2.91. The summed E-state index contributed by atoms with van der Waals surface area (Å²) in [4.78, 5) is 19.0. The van der Waals surface area contributed by atoms with E-state index >= 15 is 0 Å². The lowest BCUT2D eigenvalue weighted by atomic mass is 9.76. The highest BCUT2D eigenvalue weighted by molar-refractivity contribution is 9.10. The summed E-state index contributed by atoms with van der Waals surface area (Å²) in [6, 6.07) is 13.7. The smallest absolute Gasteiger partial charge is 0.161 e. The Morgan fingerprint density at radius 1 is 1.22 bits per heavy atom. The second kappa shape index (κ2) is 7.01. The Morgan fingerprint density at radius 2 is 2.00 bits per heavy atom. The maximum atomic E-state index is 12.9. The molecule has 0 saturated carbocycles. The third kappa shape index (κ3) is 2.94. The molecule has 2 heterocycles. The van der Waals surface area contributed by atoms with Crippen molar-refractivity contribution in [2.45, 2.75) is 25.2 Å². The maximum Gasteiger partial charge on any atom is 0.161 e. The highest BCUT2D eigenvalue weighted by atomic mass is 79.9. The van der Waals surface area contributed by atoms with Crippen LogP contribution in [0.25, 0.3) is 0 Å². The molecule has 6 heteroatoms. The molecule has 5 nitrogen and oxygen atoms in total. The Balaban J connectivity index is 1.96. The van der Waals surface area contributed by atoms with Gasteiger partial charge >= 0.3 is 0 Å². The molecule has 4 rings (SSSR count). The average Bonchev–Trinajstić information content (AvgIpc) is 2.69. The quantitative estimate of drug-likeness (QED) is 0.788. The van der Waals surface area contributed by atoms with Crippen molar-refractivity contribution in [2.24, 2.45) is 5.73 Å². The lowest BCUT2D eigenvalue weighted by Gasteiger charge is -2.39. The van der Waals surface area contributed by atoms with E-state index in [4.69, 9.17) is 5.73 Å². The number of nitrogens with zero attached hydrogens (tertiary/aromatic N) is 3. The summed E-state index contributed by atoms with van der Waals surface area (Å²) < 4.78 is 0.952. The third-order valence-electron chi connectivity index (χ3n) is 5.02. The largest absolute Gasteiger partial charge is 0.384 e. The molecule has 134 valence electrons. The van der Waals surface area contributed by atoms with Crippen LogP contribution in [0.5, 0.6) is 0 Å². The van der Waals surface area contributed by atoms with Crippen molar-refractivity contribution in [3.8, 4) is 6.07 Å². The minimum absolute atomic E-state index is 0.0764. The molecule has 0 bridgehead atoms. The van der Waals surface area contributed by atoms with Gasteiger partial charge in [0.1, 0.15) is 5.82 Å². The number of hydrogen-bond acceptors (Lipinski definition) is 5. The van der Waals surface area contributed by atoms with Crippen molar-refractivity contribution in [1.29, 1.82) is 5.26 Å². The van der Waals surface area contributed by atoms with Crippen LogP contribution >= 0.6 is 15.9 Å². The molecule has 1 aliphatic carbocycles. The molecule has 1 aromatic carbocycles. The van der Waals surface area contributed by atoms with Crippen molar-refractivity contribution >= 4 is 27.4 Å². The number of benzene rings is 1. The Morgan fingerprint density at radius 3 is 2.67 bits per heavy atom. The number of aromatic nitrogens is 1. The summed E-state index contributed by atoms with van der Waals surface area (Å²) in [5.41, 5.74) is 10.1.